The second-order valence-electron chi connectivity index (χ2n) is 7.39. The SMILES string of the molecule is C[C@H]1C[C@H](C)CN(C(=O)COC(=O)c2ccccc2SCC(=O)N(C)C)C1. The van der Waals surface area contributed by atoms with Crippen molar-refractivity contribution in [3.63, 3.8) is 0 Å². The Hall–Kier alpha value is -2.02. The minimum atomic E-state index is -0.540. The molecule has 0 bridgehead atoms. The number of hydrogen-bond donors (Lipinski definition) is 0. The highest BCUT2D eigenvalue weighted by molar-refractivity contribution is 8.00. The van der Waals surface area contributed by atoms with E-state index in [0.29, 0.717) is 35.4 Å². The van der Waals surface area contributed by atoms with Crippen LogP contribution >= 0.6 is 11.8 Å². The zero-order valence-electron chi connectivity index (χ0n) is 16.4. The van der Waals surface area contributed by atoms with Crippen molar-refractivity contribution in [1.29, 1.82) is 0 Å². The number of thioether (sulfide) groups is 1. The van der Waals surface area contributed by atoms with Crippen molar-refractivity contribution < 1.29 is 19.1 Å². The van der Waals surface area contributed by atoms with Crippen molar-refractivity contribution in [3.05, 3.63) is 29.8 Å². The molecule has 2 rings (SSSR count). The molecule has 0 N–H and O–H groups in total. The van der Waals surface area contributed by atoms with E-state index >= 15 is 0 Å². The second kappa shape index (κ2) is 9.78. The van der Waals surface area contributed by atoms with E-state index in [1.54, 1.807) is 43.3 Å². The number of piperidine rings is 1. The summed E-state index contributed by atoms with van der Waals surface area (Å²) in [4.78, 5) is 40.6. The van der Waals surface area contributed by atoms with E-state index in [4.69, 9.17) is 4.74 Å². The number of benzene rings is 1. The molecule has 0 spiro atoms. The Balaban J connectivity index is 1.94. The van der Waals surface area contributed by atoms with Crippen molar-refractivity contribution in [2.45, 2.75) is 25.2 Å². The van der Waals surface area contributed by atoms with Crippen LogP contribution in [0.1, 0.15) is 30.6 Å². The van der Waals surface area contributed by atoms with E-state index in [9.17, 15) is 14.4 Å². The molecule has 0 aliphatic carbocycles. The van der Waals surface area contributed by atoms with Gasteiger partial charge in [0.2, 0.25) is 5.91 Å². The predicted molar refractivity (Wildman–Crippen MR) is 106 cm³/mol. The summed E-state index contributed by atoms with van der Waals surface area (Å²) in [5, 5.41) is 0. The molecule has 1 aliphatic rings. The molecule has 1 fully saturated rings. The van der Waals surface area contributed by atoms with Crippen molar-refractivity contribution in [2.24, 2.45) is 11.8 Å². The maximum absolute atomic E-state index is 12.5. The Labute approximate surface area is 165 Å². The van der Waals surface area contributed by atoms with Gasteiger partial charge in [-0.2, -0.15) is 0 Å². The third kappa shape index (κ3) is 6.27. The van der Waals surface area contributed by atoms with Crippen molar-refractivity contribution >= 4 is 29.5 Å². The van der Waals surface area contributed by atoms with Gasteiger partial charge in [-0.15, -0.1) is 11.8 Å². The van der Waals surface area contributed by atoms with Crippen LogP contribution in [0, 0.1) is 11.8 Å². The van der Waals surface area contributed by atoms with Gasteiger partial charge in [-0.1, -0.05) is 26.0 Å². The Bertz CT molecular complexity index is 682. The summed E-state index contributed by atoms with van der Waals surface area (Å²) >= 11 is 1.29. The Morgan fingerprint density at radius 2 is 1.78 bits per heavy atom. The first kappa shape index (κ1) is 21.3. The van der Waals surface area contributed by atoms with Crippen LogP contribution in [-0.2, 0) is 14.3 Å². The number of ether oxygens (including phenoxy) is 1. The molecule has 1 aromatic rings. The van der Waals surface area contributed by atoms with Gasteiger partial charge in [0.05, 0.1) is 11.3 Å². The molecule has 1 saturated heterocycles. The fourth-order valence-corrected chi connectivity index (χ4v) is 4.21. The minimum absolute atomic E-state index is 0.0355. The number of hydrogen-bond acceptors (Lipinski definition) is 5. The van der Waals surface area contributed by atoms with Gasteiger partial charge < -0.3 is 14.5 Å². The van der Waals surface area contributed by atoms with Crippen LogP contribution in [0.5, 0.6) is 0 Å². The summed E-state index contributed by atoms with van der Waals surface area (Å²) in [6.07, 6.45) is 1.11. The molecule has 2 amide bonds. The number of amides is 2. The van der Waals surface area contributed by atoms with E-state index in [0.717, 1.165) is 6.42 Å². The molecular weight excluding hydrogens is 364 g/mol. The summed E-state index contributed by atoms with van der Waals surface area (Å²) in [7, 11) is 3.38. The highest BCUT2D eigenvalue weighted by Gasteiger charge is 2.26. The number of carbonyl (C=O) groups excluding carboxylic acids is 3. The summed E-state index contributed by atoms with van der Waals surface area (Å²) in [5.41, 5.74) is 0.377. The highest BCUT2D eigenvalue weighted by Crippen LogP contribution is 2.24. The normalized spacial score (nSPS) is 19.5. The van der Waals surface area contributed by atoms with Crippen LogP contribution in [0.2, 0.25) is 0 Å². The maximum atomic E-state index is 12.5. The lowest BCUT2D eigenvalue weighted by atomic mass is 9.92. The second-order valence-corrected chi connectivity index (χ2v) is 8.41. The summed E-state index contributed by atoms with van der Waals surface area (Å²) in [5.74, 6) is 0.419. The van der Waals surface area contributed by atoms with Crippen molar-refractivity contribution in [1.82, 2.24) is 9.80 Å². The van der Waals surface area contributed by atoms with Crippen molar-refractivity contribution in [3.8, 4) is 0 Å². The van der Waals surface area contributed by atoms with Crippen LogP contribution in [0.15, 0.2) is 29.2 Å². The van der Waals surface area contributed by atoms with E-state index < -0.39 is 5.97 Å². The van der Waals surface area contributed by atoms with Gasteiger partial charge in [-0.25, -0.2) is 4.79 Å². The van der Waals surface area contributed by atoms with Crippen LogP contribution < -0.4 is 0 Å². The monoisotopic (exact) mass is 392 g/mol. The molecule has 6 nitrogen and oxygen atoms in total. The fourth-order valence-electron chi connectivity index (χ4n) is 3.19. The van der Waals surface area contributed by atoms with Gasteiger partial charge in [-0.05, 0) is 30.4 Å². The van der Waals surface area contributed by atoms with Crippen LogP contribution in [-0.4, -0.2) is 67.1 Å². The summed E-state index contributed by atoms with van der Waals surface area (Å²) in [6, 6.07) is 6.98. The molecule has 1 aromatic carbocycles. The first-order chi connectivity index (χ1) is 12.8. The Morgan fingerprint density at radius 3 is 2.41 bits per heavy atom. The lowest BCUT2D eigenvalue weighted by molar-refractivity contribution is -0.137. The van der Waals surface area contributed by atoms with Gasteiger partial charge in [-0.3, -0.25) is 9.59 Å². The van der Waals surface area contributed by atoms with Gasteiger partial charge in [0.1, 0.15) is 0 Å². The maximum Gasteiger partial charge on any atom is 0.339 e. The summed E-state index contributed by atoms with van der Waals surface area (Å²) in [6.45, 7) is 5.42. The molecule has 0 aromatic heterocycles. The fraction of sp³-hybridized carbons (Fsp3) is 0.550. The molecule has 0 unspecified atom stereocenters. The topological polar surface area (TPSA) is 66.9 Å². The molecule has 2 atom stereocenters. The molecule has 1 heterocycles. The first-order valence-electron chi connectivity index (χ1n) is 9.14. The van der Waals surface area contributed by atoms with Gasteiger partial charge in [0.15, 0.2) is 6.61 Å². The summed E-state index contributed by atoms with van der Waals surface area (Å²) < 4.78 is 5.27. The molecule has 7 heteroatoms. The number of likely N-dealkylation sites (tertiary alicyclic amines) is 1. The predicted octanol–water partition coefficient (Wildman–Crippen LogP) is 2.53. The number of rotatable bonds is 6. The van der Waals surface area contributed by atoms with Gasteiger partial charge in [0.25, 0.3) is 5.91 Å². The quantitative estimate of drug-likeness (QED) is 0.550. The third-order valence-electron chi connectivity index (χ3n) is 4.51. The van der Waals surface area contributed by atoms with E-state index in [1.807, 2.05) is 0 Å². The van der Waals surface area contributed by atoms with Crippen LogP contribution in [0.25, 0.3) is 0 Å². The molecular formula is C20H28N2O4S. The smallest absolute Gasteiger partial charge is 0.339 e. The van der Waals surface area contributed by atoms with E-state index in [-0.39, 0.29) is 24.2 Å². The lowest BCUT2D eigenvalue weighted by Crippen LogP contribution is -2.44. The zero-order chi connectivity index (χ0) is 20.0. The molecule has 27 heavy (non-hydrogen) atoms. The molecule has 0 radical (unpaired) electrons. The van der Waals surface area contributed by atoms with Gasteiger partial charge in [0, 0.05) is 32.1 Å². The van der Waals surface area contributed by atoms with E-state index in [2.05, 4.69) is 13.8 Å². The molecule has 1 aliphatic heterocycles. The number of nitrogens with zero attached hydrogens (tertiary/aromatic N) is 2. The number of carbonyl (C=O) groups is 3. The zero-order valence-corrected chi connectivity index (χ0v) is 17.3. The average Bonchev–Trinajstić information content (AvgIpc) is 2.63. The molecule has 148 valence electrons. The highest BCUT2D eigenvalue weighted by atomic mass is 32.2. The molecule has 0 saturated carbocycles. The largest absolute Gasteiger partial charge is 0.452 e. The van der Waals surface area contributed by atoms with Gasteiger partial charge >= 0.3 is 5.97 Å². The standard InChI is InChI=1S/C20H28N2O4S/c1-14-9-15(2)11-22(10-14)18(23)12-26-20(25)16-7-5-6-8-17(16)27-13-19(24)21(3)4/h5-8,14-15H,9-13H2,1-4H3/t14-,15-/m0/s1. The third-order valence-corrected chi connectivity index (χ3v) is 5.56. The van der Waals surface area contributed by atoms with Crippen LogP contribution in [0.3, 0.4) is 0 Å². The van der Waals surface area contributed by atoms with Crippen LogP contribution in [0.4, 0.5) is 0 Å². The van der Waals surface area contributed by atoms with Crippen molar-refractivity contribution in [2.75, 3.05) is 39.5 Å². The first-order valence-corrected chi connectivity index (χ1v) is 10.1. The lowest BCUT2D eigenvalue weighted by Gasteiger charge is -2.34. The number of esters is 1. The minimum Gasteiger partial charge on any atom is -0.452 e. The Kier molecular flexibility index (Phi) is 7.71. The van der Waals surface area contributed by atoms with E-state index in [1.165, 1.54) is 16.7 Å². The average molecular weight is 393 g/mol. The Morgan fingerprint density at radius 1 is 1.15 bits per heavy atom.